The normalized spacial score (nSPS) is 20.4. The third-order valence-electron chi connectivity index (χ3n) is 2.51. The van der Waals surface area contributed by atoms with E-state index in [0.717, 1.165) is 16.2 Å². The smallest absolute Gasteiger partial charge is 0.134 e. The minimum atomic E-state index is 0.357. The molecule has 0 spiro atoms. The molecule has 0 saturated carbocycles. The third-order valence-corrected chi connectivity index (χ3v) is 4.08. The molecule has 1 fully saturated rings. The molecule has 2 heterocycles. The highest BCUT2D eigenvalue weighted by Crippen LogP contribution is 2.23. The molecule has 1 aliphatic heterocycles. The topological polar surface area (TPSA) is 37.8 Å². The van der Waals surface area contributed by atoms with Crippen LogP contribution in [0.1, 0.15) is 32.0 Å². The molecule has 1 aromatic heterocycles. The summed E-state index contributed by atoms with van der Waals surface area (Å²) in [6.07, 6.45) is 1.23. The monoisotopic (exact) mass is 301 g/mol. The first kappa shape index (κ1) is 12.2. The van der Waals surface area contributed by atoms with E-state index in [4.69, 9.17) is 0 Å². The van der Waals surface area contributed by atoms with Gasteiger partial charge < -0.3 is 5.32 Å². The molecule has 1 saturated heterocycles. The van der Waals surface area contributed by atoms with Crippen molar-refractivity contribution in [2.24, 2.45) is 0 Å². The van der Waals surface area contributed by atoms with Gasteiger partial charge in [-0.25, -0.2) is 9.97 Å². The Bertz CT molecular complexity index is 364. The van der Waals surface area contributed by atoms with Crippen LogP contribution in [0.3, 0.4) is 0 Å². The summed E-state index contributed by atoms with van der Waals surface area (Å²) in [6, 6.07) is 2.52. The van der Waals surface area contributed by atoms with E-state index in [9.17, 15) is 0 Å². The first-order valence-corrected chi connectivity index (χ1v) is 7.48. The Hall–Kier alpha value is -0.290. The van der Waals surface area contributed by atoms with Crippen molar-refractivity contribution < 1.29 is 0 Å². The van der Waals surface area contributed by atoms with Gasteiger partial charge in [-0.1, -0.05) is 13.8 Å². The van der Waals surface area contributed by atoms with Crippen LogP contribution in [0.25, 0.3) is 0 Å². The molecule has 1 aliphatic rings. The van der Waals surface area contributed by atoms with Gasteiger partial charge in [0.05, 0.1) is 0 Å². The molecule has 88 valence electrons. The second-order valence-corrected chi connectivity index (χ2v) is 6.26. The predicted octanol–water partition coefficient (Wildman–Crippen LogP) is 3.28. The second-order valence-electron chi connectivity index (χ2n) is 4.29. The number of hydrogen-bond donors (Lipinski definition) is 1. The largest absolute Gasteiger partial charge is 0.366 e. The highest BCUT2D eigenvalue weighted by Gasteiger charge is 2.16. The molecular weight excluding hydrogens is 286 g/mol. The fourth-order valence-corrected chi connectivity index (χ4v) is 3.18. The first-order chi connectivity index (χ1) is 7.65. The number of hydrogen-bond acceptors (Lipinski definition) is 4. The lowest BCUT2D eigenvalue weighted by Crippen LogP contribution is -2.19. The van der Waals surface area contributed by atoms with Crippen LogP contribution in [0.5, 0.6) is 0 Å². The summed E-state index contributed by atoms with van der Waals surface area (Å²) < 4.78 is 0.861. The van der Waals surface area contributed by atoms with E-state index < -0.39 is 0 Å². The number of rotatable bonds is 3. The zero-order valence-electron chi connectivity index (χ0n) is 9.53. The van der Waals surface area contributed by atoms with Crippen molar-refractivity contribution in [3.8, 4) is 0 Å². The summed E-state index contributed by atoms with van der Waals surface area (Å²) in [7, 11) is 0. The number of aromatic nitrogens is 2. The number of nitrogens with zero attached hydrogens (tertiary/aromatic N) is 2. The molecule has 16 heavy (non-hydrogen) atoms. The van der Waals surface area contributed by atoms with Crippen molar-refractivity contribution >= 4 is 33.5 Å². The molecule has 3 nitrogen and oxygen atoms in total. The molecule has 0 amide bonds. The molecule has 0 aliphatic carbocycles. The average Bonchev–Trinajstić information content (AvgIpc) is 2.69. The summed E-state index contributed by atoms with van der Waals surface area (Å²) in [5.74, 6) is 4.62. The van der Waals surface area contributed by atoms with Crippen LogP contribution in [-0.4, -0.2) is 27.5 Å². The second kappa shape index (κ2) is 5.36. The van der Waals surface area contributed by atoms with Crippen molar-refractivity contribution in [2.75, 3.05) is 16.8 Å². The van der Waals surface area contributed by atoms with E-state index in [-0.39, 0.29) is 0 Å². The van der Waals surface area contributed by atoms with Crippen LogP contribution in [0.15, 0.2) is 10.7 Å². The average molecular weight is 302 g/mol. The van der Waals surface area contributed by atoms with Crippen molar-refractivity contribution in [2.45, 2.75) is 32.2 Å². The van der Waals surface area contributed by atoms with Gasteiger partial charge in [0.25, 0.3) is 0 Å². The van der Waals surface area contributed by atoms with Gasteiger partial charge in [-0.15, -0.1) is 0 Å². The van der Waals surface area contributed by atoms with Gasteiger partial charge in [0, 0.05) is 23.8 Å². The lowest BCUT2D eigenvalue weighted by molar-refractivity contribution is 0.756. The maximum absolute atomic E-state index is 4.54. The predicted molar refractivity (Wildman–Crippen MR) is 73.2 cm³/mol. The molecule has 1 atom stereocenters. The number of nitrogens with one attached hydrogen (secondary N) is 1. The molecular formula is C11H16BrN3S. The number of thioether (sulfide) groups is 1. The fraction of sp³-hybridized carbons (Fsp3) is 0.636. The van der Waals surface area contributed by atoms with Crippen LogP contribution in [0.2, 0.25) is 0 Å². The van der Waals surface area contributed by atoms with Crippen LogP contribution in [0, 0.1) is 0 Å². The van der Waals surface area contributed by atoms with Crippen LogP contribution in [-0.2, 0) is 0 Å². The van der Waals surface area contributed by atoms with E-state index >= 15 is 0 Å². The SMILES string of the molecule is CC(C)c1nc(Br)cc(NC2CCSC2)n1. The Balaban J connectivity index is 2.13. The molecule has 1 aromatic rings. The van der Waals surface area contributed by atoms with E-state index in [1.807, 2.05) is 17.8 Å². The van der Waals surface area contributed by atoms with Gasteiger partial charge in [0.1, 0.15) is 16.2 Å². The molecule has 1 N–H and O–H groups in total. The van der Waals surface area contributed by atoms with E-state index in [1.54, 1.807) is 0 Å². The molecule has 1 unspecified atom stereocenters. The van der Waals surface area contributed by atoms with Gasteiger partial charge in [0.15, 0.2) is 0 Å². The summed E-state index contributed by atoms with van der Waals surface area (Å²) in [5, 5.41) is 3.47. The third kappa shape index (κ3) is 3.10. The Labute approximate surface area is 109 Å². The van der Waals surface area contributed by atoms with Crippen molar-refractivity contribution in [1.29, 1.82) is 0 Å². The highest BCUT2D eigenvalue weighted by atomic mass is 79.9. The van der Waals surface area contributed by atoms with Gasteiger partial charge in [-0.3, -0.25) is 0 Å². The van der Waals surface area contributed by atoms with Crippen molar-refractivity contribution in [1.82, 2.24) is 9.97 Å². The molecule has 5 heteroatoms. The van der Waals surface area contributed by atoms with Crippen LogP contribution < -0.4 is 5.32 Å². The highest BCUT2D eigenvalue weighted by molar-refractivity contribution is 9.10. The summed E-state index contributed by atoms with van der Waals surface area (Å²) in [6.45, 7) is 4.22. The van der Waals surface area contributed by atoms with E-state index in [1.165, 1.54) is 17.9 Å². The Morgan fingerprint density at radius 2 is 2.31 bits per heavy atom. The Morgan fingerprint density at radius 3 is 2.94 bits per heavy atom. The standard InChI is InChI=1S/C11H16BrN3S/c1-7(2)11-14-9(12)5-10(15-11)13-8-3-4-16-6-8/h5,7-8H,3-4,6H2,1-2H3,(H,13,14,15). The van der Waals surface area contributed by atoms with Crippen molar-refractivity contribution in [3.63, 3.8) is 0 Å². The van der Waals surface area contributed by atoms with Crippen LogP contribution >= 0.6 is 27.7 Å². The molecule has 0 bridgehead atoms. The minimum Gasteiger partial charge on any atom is -0.366 e. The first-order valence-electron chi connectivity index (χ1n) is 5.54. The molecule has 0 radical (unpaired) electrons. The van der Waals surface area contributed by atoms with Crippen LogP contribution in [0.4, 0.5) is 5.82 Å². The minimum absolute atomic E-state index is 0.357. The van der Waals surface area contributed by atoms with Gasteiger partial charge in [-0.2, -0.15) is 11.8 Å². The quantitative estimate of drug-likeness (QED) is 0.870. The van der Waals surface area contributed by atoms with Gasteiger partial charge >= 0.3 is 0 Å². The molecule has 2 rings (SSSR count). The number of halogens is 1. The van der Waals surface area contributed by atoms with Gasteiger partial charge in [-0.05, 0) is 28.1 Å². The number of anilines is 1. The fourth-order valence-electron chi connectivity index (χ4n) is 1.62. The Morgan fingerprint density at radius 1 is 1.50 bits per heavy atom. The summed E-state index contributed by atoms with van der Waals surface area (Å²) in [4.78, 5) is 8.90. The maximum atomic E-state index is 4.54. The zero-order chi connectivity index (χ0) is 11.5. The Kier molecular flexibility index (Phi) is 4.08. The lowest BCUT2D eigenvalue weighted by atomic mass is 10.2. The summed E-state index contributed by atoms with van der Waals surface area (Å²) in [5.41, 5.74) is 0. The van der Waals surface area contributed by atoms with Crippen molar-refractivity contribution in [3.05, 3.63) is 16.5 Å². The zero-order valence-corrected chi connectivity index (χ0v) is 11.9. The molecule has 0 aromatic carbocycles. The van der Waals surface area contributed by atoms with E-state index in [0.29, 0.717) is 12.0 Å². The maximum Gasteiger partial charge on any atom is 0.134 e. The summed E-state index contributed by atoms with van der Waals surface area (Å²) >= 11 is 5.43. The van der Waals surface area contributed by atoms with Gasteiger partial charge in [0.2, 0.25) is 0 Å². The van der Waals surface area contributed by atoms with E-state index in [2.05, 4.69) is 45.1 Å². The lowest BCUT2D eigenvalue weighted by Gasteiger charge is -2.13.